The predicted molar refractivity (Wildman–Crippen MR) is 69.9 cm³/mol. The number of para-hydroxylation sites is 1. The molecule has 0 spiro atoms. The van der Waals surface area contributed by atoms with Crippen LogP contribution >= 0.6 is 27.5 Å². The van der Waals surface area contributed by atoms with Crippen molar-refractivity contribution in [1.29, 1.82) is 0 Å². The van der Waals surface area contributed by atoms with Gasteiger partial charge < -0.3 is 4.74 Å². The zero-order valence-electron chi connectivity index (χ0n) is 8.79. The van der Waals surface area contributed by atoms with Crippen molar-refractivity contribution in [3.05, 3.63) is 63.3 Å². The minimum Gasteiger partial charge on any atom is -0.484 e. The van der Waals surface area contributed by atoms with Crippen LogP contribution in [0.25, 0.3) is 0 Å². The van der Waals surface area contributed by atoms with Crippen molar-refractivity contribution >= 4 is 27.5 Å². The second-order valence-corrected chi connectivity index (χ2v) is 4.79. The van der Waals surface area contributed by atoms with Crippen LogP contribution in [0.1, 0.15) is 5.56 Å². The summed E-state index contributed by atoms with van der Waals surface area (Å²) in [5.41, 5.74) is 0.943. The van der Waals surface area contributed by atoms with Gasteiger partial charge in [0.2, 0.25) is 0 Å². The highest BCUT2D eigenvalue weighted by atomic mass is 79.9. The lowest BCUT2D eigenvalue weighted by Crippen LogP contribution is -1.98. The van der Waals surface area contributed by atoms with Gasteiger partial charge in [-0.15, -0.1) is 0 Å². The van der Waals surface area contributed by atoms with Crippen molar-refractivity contribution in [3.63, 3.8) is 0 Å². The maximum Gasteiger partial charge on any atom is 0.174 e. The molecular weight excluding hydrogens is 306 g/mol. The van der Waals surface area contributed by atoms with E-state index in [1.807, 2.05) is 24.3 Å². The summed E-state index contributed by atoms with van der Waals surface area (Å²) < 4.78 is 19.8. The van der Waals surface area contributed by atoms with Gasteiger partial charge in [0.15, 0.2) is 11.6 Å². The lowest BCUT2D eigenvalue weighted by atomic mass is 10.2. The molecule has 2 aromatic rings. The molecule has 0 aliphatic heterocycles. The van der Waals surface area contributed by atoms with Crippen molar-refractivity contribution in [2.24, 2.45) is 0 Å². The first kappa shape index (κ1) is 12.4. The van der Waals surface area contributed by atoms with Crippen LogP contribution in [0.5, 0.6) is 5.75 Å². The number of hydrogen-bond donors (Lipinski definition) is 0. The quantitative estimate of drug-likeness (QED) is 0.789. The van der Waals surface area contributed by atoms with Crippen LogP contribution in [0.3, 0.4) is 0 Å². The third-order valence-electron chi connectivity index (χ3n) is 2.19. The molecule has 0 N–H and O–H groups in total. The SMILES string of the molecule is Fc1cccc(Cl)c1OCc1cccc(Br)c1. The van der Waals surface area contributed by atoms with Gasteiger partial charge in [0.1, 0.15) is 6.61 Å². The van der Waals surface area contributed by atoms with Crippen LogP contribution in [0, 0.1) is 5.82 Å². The van der Waals surface area contributed by atoms with E-state index < -0.39 is 5.82 Å². The molecule has 0 bridgehead atoms. The number of hydrogen-bond acceptors (Lipinski definition) is 1. The Morgan fingerprint density at radius 2 is 1.94 bits per heavy atom. The molecule has 0 radical (unpaired) electrons. The highest BCUT2D eigenvalue weighted by Gasteiger charge is 2.08. The van der Waals surface area contributed by atoms with Crippen molar-refractivity contribution < 1.29 is 9.13 Å². The highest BCUT2D eigenvalue weighted by molar-refractivity contribution is 9.10. The lowest BCUT2D eigenvalue weighted by Gasteiger charge is -2.09. The van der Waals surface area contributed by atoms with E-state index in [2.05, 4.69) is 15.9 Å². The van der Waals surface area contributed by atoms with Gasteiger partial charge in [0.05, 0.1) is 5.02 Å². The molecule has 0 saturated carbocycles. The van der Waals surface area contributed by atoms with Crippen molar-refractivity contribution in [1.82, 2.24) is 0 Å². The number of rotatable bonds is 3. The monoisotopic (exact) mass is 314 g/mol. The average molecular weight is 316 g/mol. The third-order valence-corrected chi connectivity index (χ3v) is 2.98. The van der Waals surface area contributed by atoms with Crippen LogP contribution in [-0.2, 0) is 6.61 Å². The molecule has 2 rings (SSSR count). The molecule has 0 aliphatic carbocycles. The molecule has 0 unspecified atom stereocenters. The van der Waals surface area contributed by atoms with Gasteiger partial charge in [-0.05, 0) is 29.8 Å². The molecule has 0 atom stereocenters. The minimum absolute atomic E-state index is 0.0918. The Kier molecular flexibility index (Phi) is 4.02. The number of ether oxygens (including phenoxy) is 1. The van der Waals surface area contributed by atoms with Crippen LogP contribution in [-0.4, -0.2) is 0 Å². The summed E-state index contributed by atoms with van der Waals surface area (Å²) in [5, 5.41) is 0.278. The molecule has 0 aromatic heterocycles. The van der Waals surface area contributed by atoms with E-state index in [-0.39, 0.29) is 17.4 Å². The van der Waals surface area contributed by atoms with Crippen molar-refractivity contribution in [2.75, 3.05) is 0 Å². The van der Waals surface area contributed by atoms with Gasteiger partial charge >= 0.3 is 0 Å². The van der Waals surface area contributed by atoms with E-state index in [0.717, 1.165) is 10.0 Å². The topological polar surface area (TPSA) is 9.23 Å². The standard InChI is InChI=1S/C13H9BrClFO/c14-10-4-1-3-9(7-10)8-17-13-11(15)5-2-6-12(13)16/h1-7H,8H2. The summed E-state index contributed by atoms with van der Waals surface area (Å²) in [7, 11) is 0. The Balaban J connectivity index is 2.13. The summed E-state index contributed by atoms with van der Waals surface area (Å²) in [4.78, 5) is 0. The molecule has 0 fully saturated rings. The Bertz CT molecular complexity index is 510. The second-order valence-electron chi connectivity index (χ2n) is 3.47. The number of halogens is 3. The lowest BCUT2D eigenvalue weighted by molar-refractivity contribution is 0.290. The Morgan fingerprint density at radius 3 is 2.65 bits per heavy atom. The third kappa shape index (κ3) is 3.20. The zero-order valence-corrected chi connectivity index (χ0v) is 11.1. The van der Waals surface area contributed by atoms with Crippen molar-refractivity contribution in [2.45, 2.75) is 6.61 Å². The van der Waals surface area contributed by atoms with Gasteiger partial charge in [-0.3, -0.25) is 0 Å². The first-order valence-corrected chi connectivity index (χ1v) is 6.15. The van der Waals surface area contributed by atoms with E-state index in [1.165, 1.54) is 6.07 Å². The van der Waals surface area contributed by atoms with E-state index in [1.54, 1.807) is 12.1 Å². The number of benzene rings is 2. The second kappa shape index (κ2) is 5.52. The molecular formula is C13H9BrClFO. The molecule has 2 aromatic carbocycles. The van der Waals surface area contributed by atoms with E-state index in [4.69, 9.17) is 16.3 Å². The largest absolute Gasteiger partial charge is 0.484 e. The predicted octanol–water partition coefficient (Wildman–Crippen LogP) is 4.82. The van der Waals surface area contributed by atoms with Crippen LogP contribution in [0.15, 0.2) is 46.9 Å². The fourth-order valence-electron chi connectivity index (χ4n) is 1.40. The summed E-state index contributed by atoms with van der Waals surface area (Å²) in [6.07, 6.45) is 0. The first-order chi connectivity index (χ1) is 8.16. The fraction of sp³-hybridized carbons (Fsp3) is 0.0769. The highest BCUT2D eigenvalue weighted by Crippen LogP contribution is 2.28. The molecule has 17 heavy (non-hydrogen) atoms. The molecule has 88 valence electrons. The Morgan fingerprint density at radius 1 is 1.18 bits per heavy atom. The molecule has 0 amide bonds. The van der Waals surface area contributed by atoms with Crippen LogP contribution in [0.2, 0.25) is 5.02 Å². The summed E-state index contributed by atoms with van der Waals surface area (Å²) in [6.45, 7) is 0.278. The molecule has 0 saturated heterocycles. The normalized spacial score (nSPS) is 10.3. The minimum atomic E-state index is -0.451. The van der Waals surface area contributed by atoms with Gasteiger partial charge in [0, 0.05) is 4.47 Å². The van der Waals surface area contributed by atoms with Gasteiger partial charge in [-0.25, -0.2) is 4.39 Å². The Labute approximate surface area is 112 Å². The summed E-state index contributed by atoms with van der Waals surface area (Å²) in [6, 6.07) is 12.1. The average Bonchev–Trinajstić information content (AvgIpc) is 2.28. The van der Waals surface area contributed by atoms with E-state index in [9.17, 15) is 4.39 Å². The molecule has 0 aliphatic rings. The smallest absolute Gasteiger partial charge is 0.174 e. The van der Waals surface area contributed by atoms with Gasteiger partial charge in [-0.2, -0.15) is 0 Å². The zero-order chi connectivity index (χ0) is 12.3. The van der Waals surface area contributed by atoms with Gasteiger partial charge in [0.25, 0.3) is 0 Å². The van der Waals surface area contributed by atoms with Gasteiger partial charge in [-0.1, -0.05) is 45.7 Å². The molecule has 0 heterocycles. The van der Waals surface area contributed by atoms with Crippen molar-refractivity contribution in [3.8, 4) is 5.75 Å². The van der Waals surface area contributed by atoms with Crippen LogP contribution in [0.4, 0.5) is 4.39 Å². The van der Waals surface area contributed by atoms with E-state index >= 15 is 0 Å². The summed E-state index contributed by atoms with van der Waals surface area (Å²) >= 11 is 9.21. The summed E-state index contributed by atoms with van der Waals surface area (Å²) in [5.74, 6) is -0.360. The van der Waals surface area contributed by atoms with Crippen LogP contribution < -0.4 is 4.74 Å². The van der Waals surface area contributed by atoms with E-state index in [0.29, 0.717) is 0 Å². The Hall–Kier alpha value is -1.06. The molecule has 4 heteroatoms. The molecule has 1 nitrogen and oxygen atoms in total. The maximum atomic E-state index is 13.4. The first-order valence-electron chi connectivity index (χ1n) is 4.98. The maximum absolute atomic E-state index is 13.4. The fourth-order valence-corrected chi connectivity index (χ4v) is 2.07.